The van der Waals surface area contributed by atoms with Crippen molar-refractivity contribution >= 4 is 6.08 Å². The first-order chi connectivity index (χ1) is 9.35. The van der Waals surface area contributed by atoms with E-state index in [1.54, 1.807) is 7.11 Å². The predicted molar refractivity (Wildman–Crippen MR) is 81.4 cm³/mol. The Morgan fingerprint density at radius 1 is 1.00 bits per heavy atom. The van der Waals surface area contributed by atoms with Gasteiger partial charge in [-0.2, -0.15) is 0 Å². The van der Waals surface area contributed by atoms with E-state index in [2.05, 4.69) is 36.9 Å². The van der Waals surface area contributed by atoms with Crippen molar-refractivity contribution in [3.05, 3.63) is 84.5 Å². The predicted octanol–water partition coefficient (Wildman–Crippen LogP) is 4.68. The van der Waals surface area contributed by atoms with Crippen LogP contribution in [0.25, 0.3) is 6.08 Å². The lowest BCUT2D eigenvalue weighted by Gasteiger charge is -2.12. The maximum atomic E-state index is 5.40. The Morgan fingerprint density at radius 3 is 2.37 bits per heavy atom. The van der Waals surface area contributed by atoms with Crippen LogP contribution in [0.1, 0.15) is 17.0 Å². The third-order valence-corrected chi connectivity index (χ3v) is 3.05. The highest BCUT2D eigenvalue weighted by Gasteiger charge is 2.08. The molecule has 0 amide bonds. The van der Waals surface area contributed by atoms with Crippen molar-refractivity contribution in [3.63, 3.8) is 0 Å². The van der Waals surface area contributed by atoms with E-state index >= 15 is 0 Å². The Labute approximate surface area is 114 Å². The lowest BCUT2D eigenvalue weighted by Crippen LogP contribution is -1.95. The summed E-state index contributed by atoms with van der Waals surface area (Å²) in [5, 5.41) is 0. The van der Waals surface area contributed by atoms with Crippen LogP contribution in [0.5, 0.6) is 5.75 Å². The monoisotopic (exact) mass is 250 g/mol. The second-order valence-electron chi connectivity index (χ2n) is 4.27. The standard InChI is InChI=1S/C18H18O/c1-3-16(14-13-15-9-5-4-6-10-15)17-11-7-8-12-18(17)19-2/h3-14,16H,1H2,2H3/b14-13+. The molecule has 0 aliphatic heterocycles. The maximum Gasteiger partial charge on any atom is 0.122 e. The fraction of sp³-hybridized carbons (Fsp3) is 0.111. The van der Waals surface area contributed by atoms with Crippen molar-refractivity contribution in [1.29, 1.82) is 0 Å². The number of methoxy groups -OCH3 is 1. The van der Waals surface area contributed by atoms with Crippen LogP contribution in [0.4, 0.5) is 0 Å². The van der Waals surface area contributed by atoms with E-state index in [0.717, 1.165) is 11.3 Å². The first-order valence-corrected chi connectivity index (χ1v) is 6.34. The summed E-state index contributed by atoms with van der Waals surface area (Å²) in [5.74, 6) is 1.04. The van der Waals surface area contributed by atoms with Gasteiger partial charge in [0.2, 0.25) is 0 Å². The van der Waals surface area contributed by atoms with Crippen molar-refractivity contribution in [2.45, 2.75) is 5.92 Å². The molecule has 0 radical (unpaired) electrons. The van der Waals surface area contributed by atoms with Crippen LogP contribution in [-0.4, -0.2) is 7.11 Å². The van der Waals surface area contributed by atoms with Crippen LogP contribution in [-0.2, 0) is 0 Å². The highest BCUT2D eigenvalue weighted by Crippen LogP contribution is 2.28. The first kappa shape index (κ1) is 13.2. The molecule has 1 unspecified atom stereocenters. The topological polar surface area (TPSA) is 9.23 Å². The molecule has 2 aromatic carbocycles. The van der Waals surface area contributed by atoms with Gasteiger partial charge < -0.3 is 4.74 Å². The number of rotatable bonds is 5. The van der Waals surface area contributed by atoms with Gasteiger partial charge in [-0.15, -0.1) is 6.58 Å². The van der Waals surface area contributed by atoms with E-state index in [4.69, 9.17) is 4.74 Å². The highest BCUT2D eigenvalue weighted by atomic mass is 16.5. The molecule has 0 heterocycles. The number of hydrogen-bond acceptors (Lipinski definition) is 1. The molecule has 2 aromatic rings. The molecule has 0 aromatic heterocycles. The summed E-state index contributed by atoms with van der Waals surface area (Å²) in [6, 6.07) is 18.3. The zero-order valence-corrected chi connectivity index (χ0v) is 11.1. The van der Waals surface area contributed by atoms with Gasteiger partial charge in [-0.05, 0) is 11.6 Å². The number of ether oxygens (including phenoxy) is 1. The minimum Gasteiger partial charge on any atom is -0.496 e. The van der Waals surface area contributed by atoms with Crippen LogP contribution in [0.2, 0.25) is 0 Å². The Hall–Kier alpha value is -2.28. The Kier molecular flexibility index (Phi) is 4.57. The Bertz CT molecular complexity index is 555. The van der Waals surface area contributed by atoms with Crippen LogP contribution in [0.15, 0.2) is 73.3 Å². The third-order valence-electron chi connectivity index (χ3n) is 3.05. The fourth-order valence-electron chi connectivity index (χ4n) is 2.03. The minimum absolute atomic E-state index is 0.149. The summed E-state index contributed by atoms with van der Waals surface area (Å²) in [7, 11) is 1.69. The molecule has 0 aliphatic carbocycles. The van der Waals surface area contributed by atoms with Gasteiger partial charge in [0, 0.05) is 11.5 Å². The molecule has 19 heavy (non-hydrogen) atoms. The smallest absolute Gasteiger partial charge is 0.122 e. The molecule has 0 saturated heterocycles. The van der Waals surface area contributed by atoms with Crippen molar-refractivity contribution < 1.29 is 4.74 Å². The van der Waals surface area contributed by atoms with Gasteiger partial charge in [0.05, 0.1) is 7.11 Å². The van der Waals surface area contributed by atoms with E-state index in [-0.39, 0.29) is 5.92 Å². The Balaban J connectivity index is 2.25. The van der Waals surface area contributed by atoms with Gasteiger partial charge in [-0.3, -0.25) is 0 Å². The van der Waals surface area contributed by atoms with Crippen LogP contribution in [0, 0.1) is 0 Å². The van der Waals surface area contributed by atoms with Gasteiger partial charge in [0.15, 0.2) is 0 Å². The summed E-state index contributed by atoms with van der Waals surface area (Å²) in [6.45, 7) is 3.92. The summed E-state index contributed by atoms with van der Waals surface area (Å²) in [4.78, 5) is 0. The largest absolute Gasteiger partial charge is 0.496 e. The zero-order chi connectivity index (χ0) is 13.5. The zero-order valence-electron chi connectivity index (χ0n) is 11.1. The number of benzene rings is 2. The first-order valence-electron chi connectivity index (χ1n) is 6.34. The molecule has 2 rings (SSSR count). The fourth-order valence-corrected chi connectivity index (χ4v) is 2.03. The van der Waals surface area contributed by atoms with E-state index in [0.29, 0.717) is 0 Å². The van der Waals surface area contributed by atoms with Gasteiger partial charge in [0.1, 0.15) is 5.75 Å². The van der Waals surface area contributed by atoms with Crippen molar-refractivity contribution in [2.75, 3.05) is 7.11 Å². The molecule has 0 bridgehead atoms. The van der Waals surface area contributed by atoms with Gasteiger partial charge >= 0.3 is 0 Å². The van der Waals surface area contributed by atoms with E-state index < -0.39 is 0 Å². The van der Waals surface area contributed by atoms with E-state index in [1.807, 2.05) is 42.5 Å². The van der Waals surface area contributed by atoms with Gasteiger partial charge in [-0.1, -0.05) is 66.8 Å². The molecule has 0 saturated carbocycles. The van der Waals surface area contributed by atoms with Gasteiger partial charge in [-0.25, -0.2) is 0 Å². The quantitative estimate of drug-likeness (QED) is 0.700. The summed E-state index contributed by atoms with van der Waals surface area (Å²) < 4.78 is 5.40. The molecule has 1 atom stereocenters. The molecule has 0 aliphatic rings. The normalized spacial score (nSPS) is 12.3. The van der Waals surface area contributed by atoms with Crippen LogP contribution >= 0.6 is 0 Å². The second-order valence-corrected chi connectivity index (χ2v) is 4.27. The molecule has 0 spiro atoms. The number of allylic oxidation sites excluding steroid dienone is 2. The van der Waals surface area contributed by atoms with Crippen molar-refractivity contribution in [3.8, 4) is 5.75 Å². The molecule has 96 valence electrons. The lowest BCUT2D eigenvalue weighted by molar-refractivity contribution is 0.409. The average molecular weight is 250 g/mol. The van der Waals surface area contributed by atoms with Crippen LogP contribution < -0.4 is 4.74 Å². The molecule has 1 nitrogen and oxygen atoms in total. The third kappa shape index (κ3) is 3.35. The van der Waals surface area contributed by atoms with E-state index in [9.17, 15) is 0 Å². The number of hydrogen-bond donors (Lipinski definition) is 0. The minimum atomic E-state index is 0.149. The van der Waals surface area contributed by atoms with Crippen molar-refractivity contribution in [2.24, 2.45) is 0 Å². The van der Waals surface area contributed by atoms with Gasteiger partial charge in [0.25, 0.3) is 0 Å². The van der Waals surface area contributed by atoms with Crippen molar-refractivity contribution in [1.82, 2.24) is 0 Å². The Morgan fingerprint density at radius 2 is 1.68 bits per heavy atom. The second kappa shape index (κ2) is 6.60. The molecule has 1 heteroatoms. The lowest BCUT2D eigenvalue weighted by atomic mass is 9.97. The molecular weight excluding hydrogens is 232 g/mol. The highest BCUT2D eigenvalue weighted by molar-refractivity contribution is 5.52. The number of para-hydroxylation sites is 1. The molecular formula is C18H18O. The average Bonchev–Trinajstić information content (AvgIpc) is 2.49. The van der Waals surface area contributed by atoms with Crippen LogP contribution in [0.3, 0.4) is 0 Å². The maximum absolute atomic E-state index is 5.40. The van der Waals surface area contributed by atoms with E-state index in [1.165, 1.54) is 5.56 Å². The molecule has 0 fully saturated rings. The summed E-state index contributed by atoms with van der Waals surface area (Å²) in [5.41, 5.74) is 2.32. The SMILES string of the molecule is C=CC(/C=C/c1ccccc1)c1ccccc1OC. The summed E-state index contributed by atoms with van der Waals surface area (Å²) >= 11 is 0. The molecule has 0 N–H and O–H groups in total. The summed E-state index contributed by atoms with van der Waals surface area (Å²) in [6.07, 6.45) is 6.18.